The Morgan fingerprint density at radius 2 is 1.83 bits per heavy atom. The van der Waals surface area contributed by atoms with Crippen LogP contribution in [0.3, 0.4) is 0 Å². The molecule has 1 aliphatic heterocycles. The molecule has 0 atom stereocenters. The number of aromatic nitrogens is 2. The van der Waals surface area contributed by atoms with Gasteiger partial charge in [0.25, 0.3) is 0 Å². The van der Waals surface area contributed by atoms with Gasteiger partial charge in [-0.1, -0.05) is 12.8 Å². The Labute approximate surface area is 141 Å². The van der Waals surface area contributed by atoms with Crippen molar-refractivity contribution in [1.29, 1.82) is 0 Å². The summed E-state index contributed by atoms with van der Waals surface area (Å²) in [6, 6.07) is 0. The van der Waals surface area contributed by atoms with Crippen molar-refractivity contribution in [3.8, 4) is 0 Å². The van der Waals surface area contributed by atoms with Crippen LogP contribution in [-0.2, 0) is 6.54 Å². The molecule has 2 fully saturated rings. The van der Waals surface area contributed by atoms with E-state index in [1.807, 2.05) is 0 Å². The van der Waals surface area contributed by atoms with Crippen molar-refractivity contribution in [2.24, 2.45) is 0 Å². The highest BCUT2D eigenvalue weighted by molar-refractivity contribution is 5.14. The molecule has 1 aromatic heterocycles. The van der Waals surface area contributed by atoms with Crippen LogP contribution in [0.5, 0.6) is 0 Å². The fourth-order valence-corrected chi connectivity index (χ4v) is 4.01. The number of rotatable bonds is 5. The summed E-state index contributed by atoms with van der Waals surface area (Å²) < 4.78 is 2.46. The molecule has 0 spiro atoms. The quantitative estimate of drug-likeness (QED) is 0.874. The highest BCUT2D eigenvalue weighted by Gasteiger charge is 2.25. The van der Waals surface area contributed by atoms with Crippen LogP contribution in [-0.4, -0.2) is 34.7 Å². The van der Waals surface area contributed by atoms with Gasteiger partial charge < -0.3 is 15.2 Å². The summed E-state index contributed by atoms with van der Waals surface area (Å²) in [5.74, 6) is 2.71. The fourth-order valence-electron chi connectivity index (χ4n) is 4.01. The Morgan fingerprint density at radius 3 is 2.48 bits per heavy atom. The van der Waals surface area contributed by atoms with E-state index in [-0.39, 0.29) is 5.54 Å². The van der Waals surface area contributed by atoms with E-state index < -0.39 is 0 Å². The molecule has 4 heteroatoms. The molecule has 130 valence electrons. The van der Waals surface area contributed by atoms with Crippen LogP contribution in [0.15, 0.2) is 6.20 Å². The van der Waals surface area contributed by atoms with E-state index in [0.29, 0.717) is 11.8 Å². The first-order valence-corrected chi connectivity index (χ1v) is 9.55. The van der Waals surface area contributed by atoms with Crippen molar-refractivity contribution in [2.75, 3.05) is 19.6 Å². The molecule has 0 amide bonds. The van der Waals surface area contributed by atoms with Crippen LogP contribution in [0, 0.1) is 0 Å². The average molecular weight is 319 g/mol. The molecule has 1 aromatic rings. The first kappa shape index (κ1) is 17.0. The normalized spacial score (nSPS) is 21.2. The number of hydrogen-bond donors (Lipinski definition) is 2. The van der Waals surface area contributed by atoms with Gasteiger partial charge >= 0.3 is 0 Å². The molecule has 23 heavy (non-hydrogen) atoms. The predicted octanol–water partition coefficient (Wildman–Crippen LogP) is 3.40. The van der Waals surface area contributed by atoms with E-state index in [4.69, 9.17) is 4.98 Å². The summed E-state index contributed by atoms with van der Waals surface area (Å²) >= 11 is 0. The Bertz CT molecular complexity index is 488. The predicted molar refractivity (Wildman–Crippen MR) is 96.0 cm³/mol. The van der Waals surface area contributed by atoms with Gasteiger partial charge in [-0.2, -0.15) is 0 Å². The molecule has 0 unspecified atom stereocenters. The van der Waals surface area contributed by atoms with Crippen LogP contribution < -0.4 is 10.6 Å². The maximum absolute atomic E-state index is 5.14. The van der Waals surface area contributed by atoms with E-state index in [1.165, 1.54) is 50.0 Å². The zero-order valence-electron chi connectivity index (χ0n) is 15.2. The van der Waals surface area contributed by atoms with E-state index in [0.717, 1.165) is 26.2 Å². The summed E-state index contributed by atoms with van der Waals surface area (Å²) in [5, 5.41) is 7.10. The van der Waals surface area contributed by atoms with Gasteiger partial charge in [0.15, 0.2) is 0 Å². The third-order valence-electron chi connectivity index (χ3n) is 5.31. The average Bonchev–Trinajstić information content (AvgIpc) is 3.16. The lowest BCUT2D eigenvalue weighted by molar-refractivity contribution is 0.396. The lowest BCUT2D eigenvalue weighted by atomic mass is 9.97. The second kappa shape index (κ2) is 7.35. The van der Waals surface area contributed by atoms with E-state index in [9.17, 15) is 0 Å². The second-order valence-corrected chi connectivity index (χ2v) is 8.40. The maximum atomic E-state index is 5.14. The first-order valence-electron chi connectivity index (χ1n) is 9.55. The van der Waals surface area contributed by atoms with Crippen molar-refractivity contribution in [3.63, 3.8) is 0 Å². The van der Waals surface area contributed by atoms with Crippen LogP contribution in [0.25, 0.3) is 0 Å². The second-order valence-electron chi connectivity index (χ2n) is 8.40. The summed E-state index contributed by atoms with van der Waals surface area (Å²) in [5.41, 5.74) is 1.55. The SMILES string of the molecule is CC(C)(C)NCCn1cc(C2CCCC2)nc1C1CCNCC1. The van der Waals surface area contributed by atoms with Crippen molar-refractivity contribution >= 4 is 0 Å². The van der Waals surface area contributed by atoms with Crippen molar-refractivity contribution in [2.45, 2.75) is 83.2 Å². The molecule has 1 saturated heterocycles. The van der Waals surface area contributed by atoms with Gasteiger partial charge in [-0.15, -0.1) is 0 Å². The van der Waals surface area contributed by atoms with Gasteiger partial charge in [0.2, 0.25) is 0 Å². The molecule has 1 saturated carbocycles. The van der Waals surface area contributed by atoms with Crippen LogP contribution in [0.2, 0.25) is 0 Å². The molecule has 0 radical (unpaired) electrons. The molecule has 2 aliphatic rings. The summed E-state index contributed by atoms with van der Waals surface area (Å²) in [6.45, 7) is 11.0. The van der Waals surface area contributed by atoms with Crippen LogP contribution in [0.1, 0.15) is 82.7 Å². The van der Waals surface area contributed by atoms with Crippen molar-refractivity contribution in [3.05, 3.63) is 17.7 Å². The molecule has 0 bridgehead atoms. The molecular weight excluding hydrogens is 284 g/mol. The lowest BCUT2D eigenvalue weighted by Crippen LogP contribution is -2.38. The highest BCUT2D eigenvalue weighted by Crippen LogP contribution is 2.35. The lowest BCUT2D eigenvalue weighted by Gasteiger charge is -2.24. The summed E-state index contributed by atoms with van der Waals surface area (Å²) in [4.78, 5) is 5.14. The molecule has 1 aliphatic carbocycles. The Kier molecular flexibility index (Phi) is 5.42. The molecular formula is C19H34N4. The fraction of sp³-hybridized carbons (Fsp3) is 0.842. The molecule has 3 rings (SSSR count). The zero-order chi connectivity index (χ0) is 16.3. The van der Waals surface area contributed by atoms with Crippen LogP contribution >= 0.6 is 0 Å². The largest absolute Gasteiger partial charge is 0.333 e. The Morgan fingerprint density at radius 1 is 1.13 bits per heavy atom. The Balaban J connectivity index is 1.73. The standard InChI is InChI=1S/C19H34N4/c1-19(2,3)21-12-13-23-14-17(15-6-4-5-7-15)22-18(23)16-8-10-20-11-9-16/h14-16,20-21H,4-13H2,1-3H3. The van der Waals surface area contributed by atoms with E-state index in [2.05, 4.69) is 42.2 Å². The third kappa shape index (κ3) is 4.57. The molecule has 4 nitrogen and oxygen atoms in total. The van der Waals surface area contributed by atoms with Crippen molar-refractivity contribution in [1.82, 2.24) is 20.2 Å². The number of piperidine rings is 1. The number of imidazole rings is 1. The number of hydrogen-bond acceptors (Lipinski definition) is 3. The minimum Gasteiger partial charge on any atom is -0.333 e. The summed E-state index contributed by atoms with van der Waals surface area (Å²) in [7, 11) is 0. The Hall–Kier alpha value is -0.870. The summed E-state index contributed by atoms with van der Waals surface area (Å²) in [6.07, 6.45) is 10.3. The maximum Gasteiger partial charge on any atom is 0.112 e. The topological polar surface area (TPSA) is 41.9 Å². The van der Waals surface area contributed by atoms with Gasteiger partial charge in [0, 0.05) is 36.7 Å². The molecule has 2 N–H and O–H groups in total. The molecule has 0 aromatic carbocycles. The third-order valence-corrected chi connectivity index (χ3v) is 5.31. The van der Waals surface area contributed by atoms with E-state index in [1.54, 1.807) is 0 Å². The smallest absolute Gasteiger partial charge is 0.112 e. The first-order chi connectivity index (χ1) is 11.0. The zero-order valence-corrected chi connectivity index (χ0v) is 15.2. The van der Waals surface area contributed by atoms with Gasteiger partial charge in [-0.25, -0.2) is 4.98 Å². The number of nitrogens with one attached hydrogen (secondary N) is 2. The van der Waals surface area contributed by atoms with Crippen LogP contribution in [0.4, 0.5) is 0 Å². The minimum absolute atomic E-state index is 0.184. The van der Waals surface area contributed by atoms with E-state index >= 15 is 0 Å². The minimum atomic E-state index is 0.184. The monoisotopic (exact) mass is 318 g/mol. The molecule has 2 heterocycles. The van der Waals surface area contributed by atoms with Gasteiger partial charge in [-0.05, 0) is 59.5 Å². The van der Waals surface area contributed by atoms with Gasteiger partial charge in [-0.3, -0.25) is 0 Å². The highest BCUT2D eigenvalue weighted by atomic mass is 15.1. The van der Waals surface area contributed by atoms with Crippen molar-refractivity contribution < 1.29 is 0 Å². The van der Waals surface area contributed by atoms with Gasteiger partial charge in [0.1, 0.15) is 5.82 Å². The van der Waals surface area contributed by atoms with Gasteiger partial charge in [0.05, 0.1) is 5.69 Å². The number of nitrogens with zero attached hydrogens (tertiary/aromatic N) is 2.